The van der Waals surface area contributed by atoms with E-state index in [1.165, 1.54) is 24.3 Å². The van der Waals surface area contributed by atoms with Gasteiger partial charge in [0.15, 0.2) is 0 Å². The molecule has 3 N–H and O–H groups in total. The predicted molar refractivity (Wildman–Crippen MR) is 74.8 cm³/mol. The fraction of sp³-hybridized carbons (Fsp3) is 0.333. The molecule has 0 unspecified atom stereocenters. The maximum atomic E-state index is 11.5. The van der Waals surface area contributed by atoms with Gasteiger partial charge in [-0.05, 0) is 30.7 Å². The molecule has 110 valence electrons. The van der Waals surface area contributed by atoms with Crippen LogP contribution in [0.1, 0.15) is 16.8 Å². The quantitative estimate of drug-likeness (QED) is 0.677. The molecule has 0 radical (unpaired) electrons. The second kappa shape index (κ2) is 6.90. The van der Waals surface area contributed by atoms with Crippen LogP contribution in [0.5, 0.6) is 0 Å². The number of amides is 2. The van der Waals surface area contributed by atoms with Gasteiger partial charge in [0.1, 0.15) is 9.84 Å². The van der Waals surface area contributed by atoms with E-state index in [2.05, 4.69) is 10.6 Å². The summed E-state index contributed by atoms with van der Waals surface area (Å²) in [4.78, 5) is 22.1. The summed E-state index contributed by atoms with van der Waals surface area (Å²) in [5.74, 6) is -1.03. The van der Waals surface area contributed by atoms with E-state index in [9.17, 15) is 18.0 Å². The summed E-state index contributed by atoms with van der Waals surface area (Å²) in [5.41, 5.74) is 0.583. The Morgan fingerprint density at radius 2 is 1.80 bits per heavy atom. The lowest BCUT2D eigenvalue weighted by Gasteiger charge is -2.07. The Kier molecular flexibility index (Phi) is 5.51. The standard InChI is InChI=1S/C12H16N2O5S/c1-20(18,19)8-2-7-13-12(17)14-10-5-3-9(4-6-10)11(15)16/h3-6H,2,7-8H2,1H3,(H,15,16)(H2,13,14,17). The van der Waals surface area contributed by atoms with Gasteiger partial charge in [0.25, 0.3) is 0 Å². The summed E-state index contributed by atoms with van der Waals surface area (Å²) < 4.78 is 21.8. The third kappa shape index (κ3) is 6.19. The maximum absolute atomic E-state index is 11.5. The van der Waals surface area contributed by atoms with Crippen LogP contribution in [0.4, 0.5) is 10.5 Å². The average molecular weight is 300 g/mol. The molecule has 0 bridgehead atoms. The Balaban J connectivity index is 2.37. The Bertz CT molecular complexity index is 580. The molecule has 0 heterocycles. The van der Waals surface area contributed by atoms with Crippen molar-refractivity contribution in [3.8, 4) is 0 Å². The van der Waals surface area contributed by atoms with Crippen LogP contribution < -0.4 is 10.6 Å². The zero-order valence-corrected chi connectivity index (χ0v) is 11.7. The minimum absolute atomic E-state index is 0.0145. The van der Waals surface area contributed by atoms with Crippen LogP contribution >= 0.6 is 0 Å². The highest BCUT2D eigenvalue weighted by atomic mass is 32.2. The summed E-state index contributed by atoms with van der Waals surface area (Å²) in [6.07, 6.45) is 1.47. The second-order valence-electron chi connectivity index (χ2n) is 4.25. The lowest BCUT2D eigenvalue weighted by Crippen LogP contribution is -2.30. The number of sulfone groups is 1. The zero-order valence-electron chi connectivity index (χ0n) is 10.9. The first-order valence-corrected chi connectivity index (χ1v) is 7.90. The second-order valence-corrected chi connectivity index (χ2v) is 6.51. The molecule has 7 nitrogen and oxygen atoms in total. The van der Waals surface area contributed by atoms with Crippen molar-refractivity contribution < 1.29 is 23.1 Å². The predicted octanol–water partition coefficient (Wildman–Crippen LogP) is 0.941. The summed E-state index contributed by atoms with van der Waals surface area (Å²) >= 11 is 0. The van der Waals surface area contributed by atoms with Gasteiger partial charge in [-0.1, -0.05) is 0 Å². The van der Waals surface area contributed by atoms with Crippen LogP contribution in [0.25, 0.3) is 0 Å². The maximum Gasteiger partial charge on any atom is 0.335 e. The molecular formula is C12H16N2O5S. The lowest BCUT2D eigenvalue weighted by molar-refractivity contribution is 0.0697. The number of hydrogen-bond acceptors (Lipinski definition) is 4. The van der Waals surface area contributed by atoms with E-state index in [0.717, 1.165) is 6.26 Å². The molecule has 8 heteroatoms. The first kappa shape index (κ1) is 16.0. The van der Waals surface area contributed by atoms with Crippen LogP contribution in [0.15, 0.2) is 24.3 Å². The van der Waals surface area contributed by atoms with Gasteiger partial charge in [0.05, 0.1) is 11.3 Å². The highest BCUT2D eigenvalue weighted by molar-refractivity contribution is 7.90. The van der Waals surface area contributed by atoms with E-state index in [1.54, 1.807) is 0 Å². The van der Waals surface area contributed by atoms with Crippen LogP contribution in [0, 0.1) is 0 Å². The first-order chi connectivity index (χ1) is 9.28. The third-order valence-electron chi connectivity index (χ3n) is 2.37. The highest BCUT2D eigenvalue weighted by Gasteiger charge is 2.05. The van der Waals surface area contributed by atoms with E-state index in [4.69, 9.17) is 5.11 Å². The molecule has 0 aliphatic carbocycles. The smallest absolute Gasteiger partial charge is 0.335 e. The number of aromatic carboxylic acids is 1. The molecule has 0 atom stereocenters. The number of carboxylic acid groups (broad SMARTS) is 1. The van der Waals surface area contributed by atoms with E-state index >= 15 is 0 Å². The number of rotatable bonds is 6. The molecule has 0 aliphatic heterocycles. The largest absolute Gasteiger partial charge is 0.478 e. The minimum Gasteiger partial charge on any atom is -0.478 e. The van der Waals surface area contributed by atoms with E-state index in [0.29, 0.717) is 12.1 Å². The van der Waals surface area contributed by atoms with Crippen molar-refractivity contribution in [1.82, 2.24) is 5.32 Å². The highest BCUT2D eigenvalue weighted by Crippen LogP contribution is 2.09. The normalized spacial score (nSPS) is 10.8. The van der Waals surface area contributed by atoms with Crippen molar-refractivity contribution in [2.75, 3.05) is 23.9 Å². The molecule has 1 rings (SSSR count). The first-order valence-electron chi connectivity index (χ1n) is 5.84. The topological polar surface area (TPSA) is 113 Å². The van der Waals surface area contributed by atoms with Crippen molar-refractivity contribution >= 4 is 27.5 Å². The summed E-state index contributed by atoms with van der Waals surface area (Å²) in [6, 6.07) is 5.23. The number of carbonyl (C=O) groups is 2. The van der Waals surface area contributed by atoms with Gasteiger partial charge in [-0.3, -0.25) is 0 Å². The number of urea groups is 1. The molecule has 0 saturated carbocycles. The Labute approximate surface area is 116 Å². The minimum atomic E-state index is -3.02. The van der Waals surface area contributed by atoms with Crippen molar-refractivity contribution in [1.29, 1.82) is 0 Å². The summed E-state index contributed by atoms with van der Waals surface area (Å²) in [5, 5.41) is 13.7. The molecule has 20 heavy (non-hydrogen) atoms. The van der Waals surface area contributed by atoms with Gasteiger partial charge in [-0.2, -0.15) is 0 Å². The zero-order chi connectivity index (χ0) is 15.2. The summed E-state index contributed by atoms with van der Waals surface area (Å²) in [7, 11) is -3.02. The van der Waals surface area contributed by atoms with Crippen molar-refractivity contribution in [3.05, 3.63) is 29.8 Å². The molecule has 2 amide bonds. The number of anilines is 1. The van der Waals surface area contributed by atoms with E-state index < -0.39 is 21.8 Å². The van der Waals surface area contributed by atoms with Gasteiger partial charge in [0, 0.05) is 18.5 Å². The van der Waals surface area contributed by atoms with Gasteiger partial charge >= 0.3 is 12.0 Å². The Morgan fingerprint density at radius 3 is 2.30 bits per heavy atom. The van der Waals surface area contributed by atoms with Gasteiger partial charge in [0.2, 0.25) is 0 Å². The van der Waals surface area contributed by atoms with Crippen LogP contribution in [-0.2, 0) is 9.84 Å². The van der Waals surface area contributed by atoms with Crippen molar-refractivity contribution in [2.45, 2.75) is 6.42 Å². The van der Waals surface area contributed by atoms with Crippen LogP contribution in [-0.4, -0.2) is 44.1 Å². The SMILES string of the molecule is CS(=O)(=O)CCCNC(=O)Nc1ccc(C(=O)O)cc1. The fourth-order valence-corrected chi connectivity index (χ4v) is 2.08. The Morgan fingerprint density at radius 1 is 1.20 bits per heavy atom. The molecule has 0 fully saturated rings. The molecule has 0 spiro atoms. The number of benzene rings is 1. The molecule has 1 aromatic carbocycles. The van der Waals surface area contributed by atoms with E-state index in [1.807, 2.05) is 0 Å². The van der Waals surface area contributed by atoms with Crippen LogP contribution in [0.3, 0.4) is 0 Å². The number of carboxylic acids is 1. The van der Waals surface area contributed by atoms with E-state index in [-0.39, 0.29) is 17.9 Å². The number of nitrogens with one attached hydrogen (secondary N) is 2. The molecular weight excluding hydrogens is 284 g/mol. The molecule has 0 aliphatic rings. The number of hydrogen-bond donors (Lipinski definition) is 3. The average Bonchev–Trinajstić information content (AvgIpc) is 2.34. The monoisotopic (exact) mass is 300 g/mol. The molecule has 1 aromatic rings. The lowest BCUT2D eigenvalue weighted by atomic mass is 10.2. The Hall–Kier alpha value is -2.09. The fourth-order valence-electron chi connectivity index (χ4n) is 1.41. The van der Waals surface area contributed by atoms with Gasteiger partial charge in [-0.25, -0.2) is 18.0 Å². The van der Waals surface area contributed by atoms with Gasteiger partial charge in [-0.15, -0.1) is 0 Å². The van der Waals surface area contributed by atoms with Crippen molar-refractivity contribution in [3.63, 3.8) is 0 Å². The molecule has 0 saturated heterocycles. The van der Waals surface area contributed by atoms with Gasteiger partial charge < -0.3 is 15.7 Å². The number of carbonyl (C=O) groups excluding carboxylic acids is 1. The molecule has 0 aromatic heterocycles. The third-order valence-corrected chi connectivity index (χ3v) is 3.40. The summed E-state index contributed by atoms with van der Waals surface area (Å²) in [6.45, 7) is 0.242. The van der Waals surface area contributed by atoms with Crippen LogP contribution in [0.2, 0.25) is 0 Å². The van der Waals surface area contributed by atoms with Crippen molar-refractivity contribution in [2.24, 2.45) is 0 Å².